The Morgan fingerprint density at radius 3 is 3.00 bits per heavy atom. The molecule has 2 rings (SSSR count). The van der Waals surface area contributed by atoms with Crippen LogP contribution in [0.4, 0.5) is 0 Å². The van der Waals surface area contributed by atoms with Crippen molar-refractivity contribution in [2.24, 2.45) is 10.9 Å². The summed E-state index contributed by atoms with van der Waals surface area (Å²) in [4.78, 5) is 17.1. The van der Waals surface area contributed by atoms with E-state index < -0.39 is 0 Å². The van der Waals surface area contributed by atoms with Gasteiger partial charge >= 0.3 is 0 Å². The van der Waals surface area contributed by atoms with Gasteiger partial charge in [-0.15, -0.1) is 0 Å². The van der Waals surface area contributed by atoms with Gasteiger partial charge in [-0.05, 0) is 12.3 Å². The van der Waals surface area contributed by atoms with Crippen LogP contribution in [0.25, 0.3) is 0 Å². The maximum atomic E-state index is 10.9. The van der Waals surface area contributed by atoms with Crippen molar-refractivity contribution in [3.05, 3.63) is 0 Å². The van der Waals surface area contributed by atoms with Gasteiger partial charge in [0, 0.05) is 13.1 Å². The van der Waals surface area contributed by atoms with Crippen molar-refractivity contribution in [3.8, 4) is 0 Å². The van der Waals surface area contributed by atoms with Crippen LogP contribution in [-0.2, 0) is 4.79 Å². The minimum atomic E-state index is 0.0227. The van der Waals surface area contributed by atoms with Gasteiger partial charge in [-0.1, -0.05) is 18.7 Å². The molecule has 1 amide bonds. The summed E-state index contributed by atoms with van der Waals surface area (Å²) in [5, 5.41) is 0.948. The van der Waals surface area contributed by atoms with Crippen LogP contribution in [0.1, 0.15) is 13.3 Å². The standard InChI is InChI=1S/C8H12N2OS/c1-6-2-3-10(4-6)8-9-7(11)5-12-8/h6H,2-5H2,1H3. The minimum absolute atomic E-state index is 0.0227. The quantitative estimate of drug-likeness (QED) is 0.562. The van der Waals surface area contributed by atoms with E-state index in [0.717, 1.165) is 24.2 Å². The van der Waals surface area contributed by atoms with Crippen molar-refractivity contribution >= 4 is 22.8 Å². The van der Waals surface area contributed by atoms with E-state index >= 15 is 0 Å². The molecular formula is C8H12N2OS. The second-order valence-corrected chi connectivity index (χ2v) is 4.36. The van der Waals surface area contributed by atoms with E-state index in [2.05, 4.69) is 16.8 Å². The number of hydrogen-bond acceptors (Lipinski definition) is 3. The van der Waals surface area contributed by atoms with Gasteiger partial charge in [0.1, 0.15) is 0 Å². The third-order valence-electron chi connectivity index (χ3n) is 2.24. The van der Waals surface area contributed by atoms with E-state index in [1.807, 2.05) is 0 Å². The third kappa shape index (κ3) is 1.48. The highest BCUT2D eigenvalue weighted by Gasteiger charge is 2.26. The Morgan fingerprint density at radius 2 is 2.50 bits per heavy atom. The van der Waals surface area contributed by atoms with Crippen LogP contribution in [0.3, 0.4) is 0 Å². The van der Waals surface area contributed by atoms with Crippen molar-refractivity contribution in [1.82, 2.24) is 4.90 Å². The molecule has 0 bridgehead atoms. The van der Waals surface area contributed by atoms with E-state index in [-0.39, 0.29) is 5.91 Å². The van der Waals surface area contributed by atoms with Gasteiger partial charge in [0.15, 0.2) is 5.17 Å². The number of aliphatic imine (C=N–C) groups is 1. The zero-order chi connectivity index (χ0) is 8.55. The van der Waals surface area contributed by atoms with E-state index in [0.29, 0.717) is 5.75 Å². The molecule has 3 nitrogen and oxygen atoms in total. The van der Waals surface area contributed by atoms with Crippen LogP contribution in [0.15, 0.2) is 4.99 Å². The van der Waals surface area contributed by atoms with E-state index in [9.17, 15) is 4.79 Å². The molecule has 4 heteroatoms. The molecular weight excluding hydrogens is 172 g/mol. The highest BCUT2D eigenvalue weighted by atomic mass is 32.2. The van der Waals surface area contributed by atoms with Gasteiger partial charge in [0.2, 0.25) is 0 Å². The van der Waals surface area contributed by atoms with Gasteiger partial charge in [0.25, 0.3) is 5.91 Å². The molecule has 1 unspecified atom stereocenters. The Morgan fingerprint density at radius 1 is 1.67 bits per heavy atom. The number of amides is 1. The molecule has 1 saturated heterocycles. The van der Waals surface area contributed by atoms with Gasteiger partial charge in [-0.25, -0.2) is 0 Å². The number of nitrogens with zero attached hydrogens (tertiary/aromatic N) is 2. The van der Waals surface area contributed by atoms with E-state index in [4.69, 9.17) is 0 Å². The Bertz CT molecular complexity index is 239. The minimum Gasteiger partial charge on any atom is -0.351 e. The molecule has 0 spiro atoms. The third-order valence-corrected chi connectivity index (χ3v) is 3.24. The molecule has 1 atom stereocenters. The lowest BCUT2D eigenvalue weighted by atomic mass is 10.2. The number of thioether (sulfide) groups is 1. The molecule has 0 aromatic heterocycles. The van der Waals surface area contributed by atoms with E-state index in [1.54, 1.807) is 11.8 Å². The molecule has 0 N–H and O–H groups in total. The Kier molecular flexibility index (Phi) is 2.09. The summed E-state index contributed by atoms with van der Waals surface area (Å²) >= 11 is 1.58. The maximum absolute atomic E-state index is 10.9. The highest BCUT2D eigenvalue weighted by molar-refractivity contribution is 8.14. The predicted molar refractivity (Wildman–Crippen MR) is 50.3 cm³/mol. The Hall–Kier alpha value is -0.510. The fourth-order valence-corrected chi connectivity index (χ4v) is 2.40. The first kappa shape index (κ1) is 8.10. The summed E-state index contributed by atoms with van der Waals surface area (Å²) < 4.78 is 0. The second kappa shape index (κ2) is 3.09. The van der Waals surface area contributed by atoms with Gasteiger partial charge in [-0.2, -0.15) is 4.99 Å². The van der Waals surface area contributed by atoms with Crippen LogP contribution >= 0.6 is 11.8 Å². The molecule has 0 radical (unpaired) electrons. The molecule has 0 aromatic rings. The summed E-state index contributed by atoms with van der Waals surface area (Å²) in [6.45, 7) is 4.38. The largest absolute Gasteiger partial charge is 0.351 e. The number of amidine groups is 1. The molecule has 0 aliphatic carbocycles. The number of hydrogen-bond donors (Lipinski definition) is 0. The monoisotopic (exact) mass is 184 g/mol. The summed E-state index contributed by atoms with van der Waals surface area (Å²) in [7, 11) is 0. The van der Waals surface area contributed by atoms with Crippen molar-refractivity contribution in [3.63, 3.8) is 0 Å². The first-order chi connectivity index (χ1) is 5.75. The van der Waals surface area contributed by atoms with Crippen molar-refractivity contribution in [2.45, 2.75) is 13.3 Å². The molecule has 66 valence electrons. The second-order valence-electron chi connectivity index (χ2n) is 3.42. The molecule has 2 heterocycles. The molecule has 2 aliphatic rings. The molecule has 0 saturated carbocycles. The van der Waals surface area contributed by atoms with Crippen molar-refractivity contribution in [2.75, 3.05) is 18.8 Å². The first-order valence-electron chi connectivity index (χ1n) is 4.25. The normalized spacial score (nSPS) is 29.8. The SMILES string of the molecule is CC1CCN(C2=NC(=O)CS2)C1. The van der Waals surface area contributed by atoms with Gasteiger partial charge < -0.3 is 4.90 Å². The fourth-order valence-electron chi connectivity index (χ4n) is 1.57. The van der Waals surface area contributed by atoms with Crippen LogP contribution in [0.5, 0.6) is 0 Å². The Labute approximate surface area is 76.2 Å². The van der Waals surface area contributed by atoms with Crippen LogP contribution in [-0.4, -0.2) is 34.8 Å². The molecule has 12 heavy (non-hydrogen) atoms. The van der Waals surface area contributed by atoms with Crippen LogP contribution in [0, 0.1) is 5.92 Å². The highest BCUT2D eigenvalue weighted by Crippen LogP contribution is 2.23. The number of likely N-dealkylation sites (tertiary alicyclic amines) is 1. The van der Waals surface area contributed by atoms with Crippen molar-refractivity contribution < 1.29 is 4.79 Å². The summed E-state index contributed by atoms with van der Waals surface area (Å²) in [5.74, 6) is 1.32. The number of rotatable bonds is 0. The predicted octanol–water partition coefficient (Wildman–Crippen LogP) is 0.958. The first-order valence-corrected chi connectivity index (χ1v) is 5.23. The average Bonchev–Trinajstić information content (AvgIpc) is 2.58. The topological polar surface area (TPSA) is 32.7 Å². The van der Waals surface area contributed by atoms with Gasteiger partial charge in [0.05, 0.1) is 5.75 Å². The summed E-state index contributed by atoms with van der Waals surface area (Å²) in [5.41, 5.74) is 0. The van der Waals surface area contributed by atoms with Crippen LogP contribution < -0.4 is 0 Å². The molecule has 1 fully saturated rings. The fraction of sp³-hybridized carbons (Fsp3) is 0.750. The summed E-state index contributed by atoms with van der Waals surface area (Å²) in [6.07, 6.45) is 1.23. The lowest BCUT2D eigenvalue weighted by molar-refractivity contribution is -0.115. The molecule has 2 aliphatic heterocycles. The maximum Gasteiger partial charge on any atom is 0.258 e. The Balaban J connectivity index is 2.01. The van der Waals surface area contributed by atoms with Crippen molar-refractivity contribution in [1.29, 1.82) is 0 Å². The number of carbonyl (C=O) groups excluding carboxylic acids is 1. The van der Waals surface area contributed by atoms with Gasteiger partial charge in [-0.3, -0.25) is 4.79 Å². The number of carbonyl (C=O) groups is 1. The average molecular weight is 184 g/mol. The summed E-state index contributed by atoms with van der Waals surface area (Å²) in [6, 6.07) is 0. The molecule has 0 aromatic carbocycles. The van der Waals surface area contributed by atoms with Crippen LogP contribution in [0.2, 0.25) is 0 Å². The smallest absolute Gasteiger partial charge is 0.258 e. The zero-order valence-electron chi connectivity index (χ0n) is 7.12. The van der Waals surface area contributed by atoms with E-state index in [1.165, 1.54) is 6.42 Å². The zero-order valence-corrected chi connectivity index (χ0v) is 7.93. The lowest BCUT2D eigenvalue weighted by Gasteiger charge is -2.15. The lowest BCUT2D eigenvalue weighted by Crippen LogP contribution is -2.24.